The maximum absolute atomic E-state index is 14.4. The molecule has 7 heteroatoms. The molecule has 0 saturated heterocycles. The van der Waals surface area contributed by atoms with Crippen LogP contribution in [-0.4, -0.2) is 29.0 Å². The third-order valence-corrected chi connectivity index (χ3v) is 5.73. The predicted octanol–water partition coefficient (Wildman–Crippen LogP) is 4.53. The third kappa shape index (κ3) is 4.56. The van der Waals surface area contributed by atoms with Gasteiger partial charge in [-0.2, -0.15) is 0 Å². The van der Waals surface area contributed by atoms with E-state index in [0.717, 1.165) is 36.9 Å². The van der Waals surface area contributed by atoms with Gasteiger partial charge >= 0.3 is 0 Å². The number of benzene rings is 2. The van der Waals surface area contributed by atoms with E-state index in [1.54, 1.807) is 12.1 Å². The van der Waals surface area contributed by atoms with E-state index in [1.165, 1.54) is 25.4 Å². The third-order valence-electron chi connectivity index (χ3n) is 5.73. The maximum Gasteiger partial charge on any atom is 0.274 e. The van der Waals surface area contributed by atoms with Gasteiger partial charge in [0.15, 0.2) is 5.82 Å². The average Bonchev–Trinajstić information content (AvgIpc) is 2.80. The summed E-state index contributed by atoms with van der Waals surface area (Å²) in [5.41, 5.74) is 8.18. The van der Waals surface area contributed by atoms with Gasteiger partial charge in [-0.1, -0.05) is 24.3 Å². The number of amides is 1. The number of carbonyl (C=O) groups excluding carboxylic acids is 1. The number of para-hydroxylation sites is 1. The second-order valence-corrected chi connectivity index (χ2v) is 7.74. The van der Waals surface area contributed by atoms with Crippen LogP contribution in [0.4, 0.5) is 10.1 Å². The van der Waals surface area contributed by atoms with E-state index in [9.17, 15) is 9.18 Å². The fourth-order valence-electron chi connectivity index (χ4n) is 4.08. The van der Waals surface area contributed by atoms with Crippen molar-refractivity contribution in [3.63, 3.8) is 0 Å². The number of aromatic nitrogens is 2. The summed E-state index contributed by atoms with van der Waals surface area (Å²) in [7, 11) is 1.45. The largest absolute Gasteiger partial charge is 0.496 e. The monoisotopic (exact) mass is 420 g/mol. The van der Waals surface area contributed by atoms with Crippen LogP contribution in [0.3, 0.4) is 0 Å². The maximum atomic E-state index is 14.4. The van der Waals surface area contributed by atoms with E-state index in [2.05, 4.69) is 15.3 Å². The molecule has 0 aliphatic heterocycles. The molecule has 0 atom stereocenters. The van der Waals surface area contributed by atoms with Crippen LogP contribution in [0.5, 0.6) is 5.75 Å². The number of hydrogen-bond acceptors (Lipinski definition) is 5. The van der Waals surface area contributed by atoms with Crippen LogP contribution in [0.2, 0.25) is 0 Å². The Labute approximate surface area is 180 Å². The summed E-state index contributed by atoms with van der Waals surface area (Å²) >= 11 is 0. The van der Waals surface area contributed by atoms with E-state index in [-0.39, 0.29) is 29.0 Å². The Morgan fingerprint density at radius 3 is 2.65 bits per heavy atom. The summed E-state index contributed by atoms with van der Waals surface area (Å²) in [6.45, 7) is 0. The van der Waals surface area contributed by atoms with E-state index in [4.69, 9.17) is 10.5 Å². The zero-order valence-electron chi connectivity index (χ0n) is 17.3. The Kier molecular flexibility index (Phi) is 6.23. The van der Waals surface area contributed by atoms with Crippen LogP contribution < -0.4 is 15.8 Å². The normalized spacial score (nSPS) is 18.4. The number of nitrogens with one attached hydrogen (secondary N) is 1. The minimum absolute atomic E-state index is 0.0946. The smallest absolute Gasteiger partial charge is 0.274 e. The molecule has 3 aromatic rings. The Hall–Kier alpha value is -3.32. The van der Waals surface area contributed by atoms with Crippen molar-refractivity contribution in [3.8, 4) is 17.1 Å². The quantitative estimate of drug-likeness (QED) is 0.633. The van der Waals surface area contributed by atoms with Crippen LogP contribution >= 0.6 is 0 Å². The molecule has 6 nitrogen and oxygen atoms in total. The zero-order valence-corrected chi connectivity index (χ0v) is 17.3. The highest BCUT2D eigenvalue weighted by Gasteiger charge is 2.23. The number of anilines is 1. The van der Waals surface area contributed by atoms with Crippen molar-refractivity contribution in [2.45, 2.75) is 37.6 Å². The second kappa shape index (κ2) is 9.22. The molecule has 1 heterocycles. The Balaban J connectivity index is 1.59. The van der Waals surface area contributed by atoms with E-state index in [0.29, 0.717) is 11.7 Å². The van der Waals surface area contributed by atoms with Gasteiger partial charge in [0, 0.05) is 17.9 Å². The number of halogens is 1. The van der Waals surface area contributed by atoms with Crippen LogP contribution in [0.15, 0.2) is 54.7 Å². The predicted molar refractivity (Wildman–Crippen MR) is 118 cm³/mol. The average molecular weight is 420 g/mol. The molecule has 1 saturated carbocycles. The van der Waals surface area contributed by atoms with Gasteiger partial charge in [-0.05, 0) is 61.4 Å². The molecule has 1 aliphatic rings. The van der Waals surface area contributed by atoms with Gasteiger partial charge in [-0.25, -0.2) is 14.4 Å². The lowest BCUT2D eigenvalue weighted by Gasteiger charge is -2.27. The number of ether oxygens (including phenoxy) is 1. The molecule has 1 aromatic heterocycles. The van der Waals surface area contributed by atoms with Crippen molar-refractivity contribution >= 4 is 11.6 Å². The van der Waals surface area contributed by atoms with Gasteiger partial charge in [0.05, 0.1) is 12.7 Å². The van der Waals surface area contributed by atoms with Crippen molar-refractivity contribution < 1.29 is 13.9 Å². The van der Waals surface area contributed by atoms with Crippen LogP contribution in [0.25, 0.3) is 11.4 Å². The number of hydrogen-bond donors (Lipinski definition) is 2. The molecule has 1 aliphatic carbocycles. The highest BCUT2D eigenvalue weighted by atomic mass is 19.1. The zero-order chi connectivity index (χ0) is 21.8. The summed E-state index contributed by atoms with van der Waals surface area (Å²) in [5.74, 6) is -0.132. The van der Waals surface area contributed by atoms with Crippen molar-refractivity contribution in [1.29, 1.82) is 0 Å². The molecule has 1 fully saturated rings. The fraction of sp³-hybridized carbons (Fsp3) is 0.292. The number of carbonyl (C=O) groups is 1. The standard InChI is InChI=1S/C24H25FN4O2/c1-31-21-8-4-6-18(25)22(21)23-27-14-13-20(28-23)24(30)29-19-7-3-2-5-17(19)15-9-11-16(26)12-10-15/h2-8,13-16H,9-12,26H2,1H3,(H,29,30). The Bertz CT molecular complexity index is 1080. The number of rotatable bonds is 5. The molecule has 0 unspecified atom stereocenters. The lowest BCUT2D eigenvalue weighted by molar-refractivity contribution is 0.102. The summed E-state index contributed by atoms with van der Waals surface area (Å²) in [6.07, 6.45) is 5.40. The Morgan fingerprint density at radius 2 is 1.87 bits per heavy atom. The molecule has 160 valence electrons. The number of methoxy groups -OCH3 is 1. The van der Waals surface area contributed by atoms with Crippen molar-refractivity contribution in [2.24, 2.45) is 5.73 Å². The summed E-state index contributed by atoms with van der Waals surface area (Å²) in [5, 5.41) is 2.97. The first-order chi connectivity index (χ1) is 15.1. The molecule has 1 amide bonds. The van der Waals surface area contributed by atoms with Gasteiger partial charge in [-0.3, -0.25) is 4.79 Å². The minimum atomic E-state index is -0.516. The van der Waals surface area contributed by atoms with Crippen LogP contribution in [0.1, 0.15) is 47.7 Å². The van der Waals surface area contributed by atoms with Gasteiger partial charge in [0.2, 0.25) is 0 Å². The summed E-state index contributed by atoms with van der Waals surface area (Å²) in [6, 6.07) is 14.1. The molecular weight excluding hydrogens is 395 g/mol. The topological polar surface area (TPSA) is 90.1 Å². The first-order valence-corrected chi connectivity index (χ1v) is 10.4. The molecule has 2 aromatic carbocycles. The Morgan fingerprint density at radius 1 is 1.10 bits per heavy atom. The van der Waals surface area contributed by atoms with Gasteiger partial charge in [0.1, 0.15) is 17.3 Å². The number of nitrogens with two attached hydrogens (primary N) is 1. The molecule has 3 N–H and O–H groups in total. The van der Waals surface area contributed by atoms with E-state index in [1.807, 2.05) is 24.3 Å². The van der Waals surface area contributed by atoms with Crippen molar-refractivity contribution in [1.82, 2.24) is 9.97 Å². The molecule has 4 rings (SSSR count). The van der Waals surface area contributed by atoms with Crippen LogP contribution in [-0.2, 0) is 0 Å². The van der Waals surface area contributed by atoms with Crippen LogP contribution in [0, 0.1) is 5.82 Å². The first kappa shape index (κ1) is 20.9. The molecule has 31 heavy (non-hydrogen) atoms. The van der Waals surface area contributed by atoms with Crippen molar-refractivity contribution in [2.75, 3.05) is 12.4 Å². The SMILES string of the molecule is COc1cccc(F)c1-c1nccc(C(=O)Nc2ccccc2C2CCC(N)CC2)n1. The van der Waals surface area contributed by atoms with Gasteiger partial charge in [0.25, 0.3) is 5.91 Å². The number of nitrogens with zero attached hydrogens (tertiary/aromatic N) is 2. The summed E-state index contributed by atoms with van der Waals surface area (Å²) in [4.78, 5) is 21.4. The summed E-state index contributed by atoms with van der Waals surface area (Å²) < 4.78 is 19.7. The van der Waals surface area contributed by atoms with Crippen molar-refractivity contribution in [3.05, 3.63) is 71.8 Å². The molecule has 0 radical (unpaired) electrons. The second-order valence-electron chi connectivity index (χ2n) is 7.74. The minimum Gasteiger partial charge on any atom is -0.496 e. The lowest BCUT2D eigenvalue weighted by Crippen LogP contribution is -2.26. The van der Waals surface area contributed by atoms with E-state index < -0.39 is 5.82 Å². The first-order valence-electron chi connectivity index (χ1n) is 10.4. The van der Waals surface area contributed by atoms with Gasteiger partial charge < -0.3 is 15.8 Å². The lowest BCUT2D eigenvalue weighted by atomic mass is 9.81. The fourth-order valence-corrected chi connectivity index (χ4v) is 4.08. The highest BCUT2D eigenvalue weighted by molar-refractivity contribution is 6.03. The molecule has 0 bridgehead atoms. The van der Waals surface area contributed by atoms with E-state index >= 15 is 0 Å². The molecule has 0 spiro atoms. The molecular formula is C24H25FN4O2. The highest BCUT2D eigenvalue weighted by Crippen LogP contribution is 2.36. The van der Waals surface area contributed by atoms with Gasteiger partial charge in [-0.15, -0.1) is 0 Å².